The van der Waals surface area contributed by atoms with Gasteiger partial charge < -0.3 is 19.5 Å². The molecule has 110 valence electrons. The van der Waals surface area contributed by atoms with E-state index in [1.807, 2.05) is 18.2 Å². The molecule has 1 aromatic rings. The molecule has 0 spiro atoms. The van der Waals surface area contributed by atoms with Gasteiger partial charge in [-0.25, -0.2) is 0 Å². The normalized spacial score (nSPS) is 13.9. The number of hydrogen-bond donors (Lipinski definition) is 1. The van der Waals surface area contributed by atoms with Crippen LogP contribution in [-0.2, 0) is 16.1 Å². The smallest absolute Gasteiger partial charge is 0.308 e. The van der Waals surface area contributed by atoms with Crippen LogP contribution in [0.1, 0.15) is 24.8 Å². The summed E-state index contributed by atoms with van der Waals surface area (Å²) in [6.07, 6.45) is 2.75. The summed E-state index contributed by atoms with van der Waals surface area (Å²) in [5, 5.41) is 3.45. The molecule has 2 rings (SSSR count). The summed E-state index contributed by atoms with van der Waals surface area (Å²) in [6, 6.07) is 6.52. The summed E-state index contributed by atoms with van der Waals surface area (Å²) in [5.74, 6) is 1.05. The number of esters is 1. The van der Waals surface area contributed by atoms with Crippen molar-refractivity contribution >= 4 is 5.97 Å². The number of carbonyl (C=O) groups excluding carboxylic acids is 1. The van der Waals surface area contributed by atoms with E-state index in [-0.39, 0.29) is 19.0 Å². The molecule has 5 heteroatoms. The molecule has 0 amide bonds. The van der Waals surface area contributed by atoms with Gasteiger partial charge in [-0.15, -0.1) is 0 Å². The Labute approximate surface area is 119 Å². The fraction of sp³-hybridized carbons (Fsp3) is 0.533. The van der Waals surface area contributed by atoms with Gasteiger partial charge >= 0.3 is 5.97 Å². The second-order valence-electron chi connectivity index (χ2n) is 4.81. The molecule has 1 aliphatic carbocycles. The maximum atomic E-state index is 11.1. The van der Waals surface area contributed by atoms with E-state index in [1.165, 1.54) is 20.0 Å². The third-order valence-corrected chi connectivity index (χ3v) is 3.19. The lowest BCUT2D eigenvalue weighted by atomic mass is 10.2. The van der Waals surface area contributed by atoms with Crippen molar-refractivity contribution in [3.05, 3.63) is 23.8 Å². The van der Waals surface area contributed by atoms with Crippen molar-refractivity contribution in [2.24, 2.45) is 0 Å². The molecule has 0 heterocycles. The van der Waals surface area contributed by atoms with Gasteiger partial charge in [-0.05, 0) is 30.5 Å². The molecule has 0 atom stereocenters. The Morgan fingerprint density at radius 1 is 1.30 bits per heavy atom. The number of hydrogen-bond acceptors (Lipinski definition) is 5. The molecule has 0 bridgehead atoms. The first-order valence-corrected chi connectivity index (χ1v) is 6.83. The summed E-state index contributed by atoms with van der Waals surface area (Å²) < 4.78 is 15.5. The van der Waals surface area contributed by atoms with Crippen molar-refractivity contribution in [1.82, 2.24) is 5.32 Å². The zero-order valence-corrected chi connectivity index (χ0v) is 12.0. The van der Waals surface area contributed by atoms with Crippen molar-refractivity contribution in [1.29, 1.82) is 0 Å². The van der Waals surface area contributed by atoms with Gasteiger partial charge in [-0.1, -0.05) is 6.07 Å². The van der Waals surface area contributed by atoms with Gasteiger partial charge in [0.05, 0.1) is 27.2 Å². The minimum atomic E-state index is -0.282. The standard InChI is InChI=1S/C15H21NO4/c1-18-13-6-3-11(10-16-12-4-5-12)9-14(13)20-8-7-15(17)19-2/h3,6,9,12,16H,4-5,7-8,10H2,1-2H3. The first-order valence-electron chi connectivity index (χ1n) is 6.83. The summed E-state index contributed by atoms with van der Waals surface area (Å²) in [6.45, 7) is 1.10. The van der Waals surface area contributed by atoms with Gasteiger partial charge in [0.15, 0.2) is 11.5 Å². The van der Waals surface area contributed by atoms with Crippen LogP contribution in [0.5, 0.6) is 11.5 Å². The fourth-order valence-corrected chi connectivity index (χ4v) is 1.84. The molecule has 1 fully saturated rings. The first-order chi connectivity index (χ1) is 9.72. The predicted molar refractivity (Wildman–Crippen MR) is 75.0 cm³/mol. The van der Waals surface area contributed by atoms with Crippen molar-refractivity contribution in [3.63, 3.8) is 0 Å². The van der Waals surface area contributed by atoms with Gasteiger partial charge in [0, 0.05) is 12.6 Å². The number of methoxy groups -OCH3 is 2. The van der Waals surface area contributed by atoms with Crippen LogP contribution < -0.4 is 14.8 Å². The Morgan fingerprint density at radius 2 is 2.10 bits per heavy atom. The zero-order valence-electron chi connectivity index (χ0n) is 12.0. The van der Waals surface area contributed by atoms with E-state index in [1.54, 1.807) is 7.11 Å². The van der Waals surface area contributed by atoms with Gasteiger partial charge in [0.25, 0.3) is 0 Å². The van der Waals surface area contributed by atoms with E-state index in [2.05, 4.69) is 10.1 Å². The van der Waals surface area contributed by atoms with Crippen molar-refractivity contribution in [2.75, 3.05) is 20.8 Å². The van der Waals surface area contributed by atoms with Crippen LogP contribution in [0.3, 0.4) is 0 Å². The Balaban J connectivity index is 1.92. The van der Waals surface area contributed by atoms with E-state index >= 15 is 0 Å². The molecule has 0 unspecified atom stereocenters. The van der Waals surface area contributed by atoms with Crippen LogP contribution in [0, 0.1) is 0 Å². The lowest BCUT2D eigenvalue weighted by Gasteiger charge is -2.12. The molecule has 1 N–H and O–H groups in total. The lowest BCUT2D eigenvalue weighted by Crippen LogP contribution is -2.15. The Hall–Kier alpha value is -1.75. The SMILES string of the molecule is COC(=O)CCOc1cc(CNC2CC2)ccc1OC. The quantitative estimate of drug-likeness (QED) is 0.736. The maximum Gasteiger partial charge on any atom is 0.308 e. The highest BCUT2D eigenvalue weighted by atomic mass is 16.5. The van der Waals surface area contributed by atoms with Crippen LogP contribution >= 0.6 is 0 Å². The first kappa shape index (κ1) is 14.7. The van der Waals surface area contributed by atoms with Crippen molar-refractivity contribution in [3.8, 4) is 11.5 Å². The third kappa shape index (κ3) is 4.42. The summed E-state index contributed by atoms with van der Waals surface area (Å²) in [5.41, 5.74) is 1.14. The number of ether oxygens (including phenoxy) is 3. The van der Waals surface area contributed by atoms with E-state index < -0.39 is 0 Å². The molecule has 0 saturated heterocycles. The topological polar surface area (TPSA) is 56.8 Å². The largest absolute Gasteiger partial charge is 0.493 e. The molecule has 0 radical (unpaired) electrons. The van der Waals surface area contributed by atoms with Gasteiger partial charge in [-0.2, -0.15) is 0 Å². The fourth-order valence-electron chi connectivity index (χ4n) is 1.84. The van der Waals surface area contributed by atoms with Crippen LogP contribution in [0.15, 0.2) is 18.2 Å². The molecule has 1 aromatic carbocycles. The van der Waals surface area contributed by atoms with E-state index in [4.69, 9.17) is 9.47 Å². The molecule has 20 heavy (non-hydrogen) atoms. The second-order valence-corrected chi connectivity index (χ2v) is 4.81. The summed E-state index contributed by atoms with van der Waals surface area (Å²) in [4.78, 5) is 11.1. The van der Waals surface area contributed by atoms with Crippen LogP contribution in [0.25, 0.3) is 0 Å². The summed E-state index contributed by atoms with van der Waals surface area (Å²) in [7, 11) is 2.97. The Bertz CT molecular complexity index is 457. The van der Waals surface area contributed by atoms with Crippen molar-refractivity contribution < 1.29 is 19.0 Å². The highest BCUT2D eigenvalue weighted by Gasteiger charge is 2.20. The molecule has 5 nitrogen and oxygen atoms in total. The lowest BCUT2D eigenvalue weighted by molar-refractivity contribution is -0.141. The number of nitrogens with one attached hydrogen (secondary N) is 1. The average Bonchev–Trinajstić information content (AvgIpc) is 3.29. The molecular weight excluding hydrogens is 258 g/mol. The molecule has 0 aliphatic heterocycles. The number of rotatable bonds is 8. The highest BCUT2D eigenvalue weighted by Crippen LogP contribution is 2.28. The number of carbonyl (C=O) groups is 1. The minimum Gasteiger partial charge on any atom is -0.493 e. The van der Waals surface area contributed by atoms with E-state index in [0.717, 1.165) is 12.1 Å². The maximum absolute atomic E-state index is 11.1. The third-order valence-electron chi connectivity index (χ3n) is 3.19. The zero-order chi connectivity index (χ0) is 14.4. The van der Waals surface area contributed by atoms with Crippen LogP contribution in [0.4, 0.5) is 0 Å². The van der Waals surface area contributed by atoms with Gasteiger partial charge in [0.1, 0.15) is 0 Å². The Kier molecular flexibility index (Phi) is 5.24. The summed E-state index contributed by atoms with van der Waals surface area (Å²) >= 11 is 0. The van der Waals surface area contributed by atoms with Crippen LogP contribution in [-0.4, -0.2) is 32.8 Å². The molecule has 0 aromatic heterocycles. The monoisotopic (exact) mass is 279 g/mol. The average molecular weight is 279 g/mol. The minimum absolute atomic E-state index is 0.226. The predicted octanol–water partition coefficient (Wildman–Crippen LogP) is 1.89. The second kappa shape index (κ2) is 7.14. The van der Waals surface area contributed by atoms with Gasteiger partial charge in [0.2, 0.25) is 0 Å². The van der Waals surface area contributed by atoms with Crippen LogP contribution in [0.2, 0.25) is 0 Å². The van der Waals surface area contributed by atoms with E-state index in [0.29, 0.717) is 17.5 Å². The van der Waals surface area contributed by atoms with Gasteiger partial charge in [-0.3, -0.25) is 4.79 Å². The Morgan fingerprint density at radius 3 is 2.75 bits per heavy atom. The molecular formula is C15H21NO4. The van der Waals surface area contributed by atoms with Crippen molar-refractivity contribution in [2.45, 2.75) is 31.8 Å². The highest BCUT2D eigenvalue weighted by molar-refractivity contribution is 5.69. The number of benzene rings is 1. The van der Waals surface area contributed by atoms with E-state index in [9.17, 15) is 4.79 Å². The molecule has 1 aliphatic rings. The molecule has 1 saturated carbocycles.